The lowest BCUT2D eigenvalue weighted by atomic mass is 10.2. The van der Waals surface area contributed by atoms with Gasteiger partial charge in [-0.25, -0.2) is 4.98 Å². The summed E-state index contributed by atoms with van der Waals surface area (Å²) in [5.41, 5.74) is -1.03. The van der Waals surface area contributed by atoms with Gasteiger partial charge >= 0.3 is 6.18 Å². The van der Waals surface area contributed by atoms with Crippen LogP contribution < -0.4 is 4.74 Å². The highest BCUT2D eigenvalue weighted by atomic mass is 19.4. The second kappa shape index (κ2) is 4.56. The van der Waals surface area contributed by atoms with Gasteiger partial charge < -0.3 is 9.84 Å². The first-order valence-corrected chi connectivity index (χ1v) is 4.96. The van der Waals surface area contributed by atoms with E-state index >= 15 is 0 Å². The Morgan fingerprint density at radius 2 is 1.78 bits per heavy atom. The van der Waals surface area contributed by atoms with Crippen molar-refractivity contribution < 1.29 is 23.0 Å². The molecule has 0 radical (unpaired) electrons. The van der Waals surface area contributed by atoms with Crippen molar-refractivity contribution in [1.29, 1.82) is 0 Å². The summed E-state index contributed by atoms with van der Waals surface area (Å²) in [5.74, 6) is -0.553. The molecule has 1 heterocycles. The molecule has 0 spiro atoms. The number of ether oxygens (including phenoxy) is 1. The third-order valence-electron chi connectivity index (χ3n) is 2.12. The first-order chi connectivity index (χ1) is 8.47. The first-order valence-electron chi connectivity index (χ1n) is 4.96. The van der Waals surface area contributed by atoms with Crippen LogP contribution in [0, 0.1) is 0 Å². The van der Waals surface area contributed by atoms with Gasteiger partial charge in [0.25, 0.3) is 5.88 Å². The highest BCUT2D eigenvalue weighted by molar-refractivity contribution is 5.39. The van der Waals surface area contributed by atoms with E-state index in [1.165, 1.54) is 0 Å². The maximum atomic E-state index is 12.3. The number of halogens is 3. The lowest BCUT2D eigenvalue weighted by molar-refractivity contribution is -0.138. The number of pyridine rings is 1. The Balaban J connectivity index is 2.26. The van der Waals surface area contributed by atoms with Crippen LogP contribution in [0.15, 0.2) is 42.6 Å². The van der Waals surface area contributed by atoms with Crippen molar-refractivity contribution in [2.24, 2.45) is 0 Å². The molecular formula is C12H8F3NO2. The van der Waals surface area contributed by atoms with Crippen LogP contribution in [0.25, 0.3) is 0 Å². The predicted molar refractivity (Wildman–Crippen MR) is 57.4 cm³/mol. The summed E-state index contributed by atoms with van der Waals surface area (Å²) in [5, 5.41) is 9.43. The van der Waals surface area contributed by atoms with E-state index in [-0.39, 0.29) is 5.88 Å². The van der Waals surface area contributed by atoms with Crippen LogP contribution in [0.3, 0.4) is 0 Å². The van der Waals surface area contributed by atoms with Crippen molar-refractivity contribution in [2.75, 3.05) is 0 Å². The molecule has 0 bridgehead atoms. The van der Waals surface area contributed by atoms with E-state index < -0.39 is 17.5 Å². The minimum absolute atomic E-state index is 0.269. The fourth-order valence-corrected chi connectivity index (χ4v) is 1.27. The number of hydrogen-bond donors (Lipinski definition) is 1. The number of para-hydroxylation sites is 1. The quantitative estimate of drug-likeness (QED) is 0.891. The number of hydrogen-bond acceptors (Lipinski definition) is 3. The number of aromatic nitrogens is 1. The molecule has 0 saturated carbocycles. The molecule has 0 amide bonds. The van der Waals surface area contributed by atoms with E-state index in [0.29, 0.717) is 18.0 Å². The zero-order chi connectivity index (χ0) is 13.2. The monoisotopic (exact) mass is 255 g/mol. The maximum absolute atomic E-state index is 12.3. The van der Waals surface area contributed by atoms with Crippen LogP contribution >= 0.6 is 0 Å². The van der Waals surface area contributed by atoms with Crippen LogP contribution in [0.4, 0.5) is 13.2 Å². The minimum atomic E-state index is -4.55. The van der Waals surface area contributed by atoms with Crippen molar-refractivity contribution in [2.45, 2.75) is 6.18 Å². The topological polar surface area (TPSA) is 42.4 Å². The van der Waals surface area contributed by atoms with Gasteiger partial charge in [-0.05, 0) is 18.2 Å². The summed E-state index contributed by atoms with van der Waals surface area (Å²) in [6.07, 6.45) is -3.94. The molecule has 3 nitrogen and oxygen atoms in total. The van der Waals surface area contributed by atoms with Gasteiger partial charge in [0, 0.05) is 6.20 Å². The van der Waals surface area contributed by atoms with Gasteiger partial charge in [-0.3, -0.25) is 0 Å². The van der Waals surface area contributed by atoms with E-state index in [1.54, 1.807) is 30.3 Å². The standard InChI is InChI=1S/C12H8F3NO2/c13-12(14,15)8-6-10(17)11(16-7-8)18-9-4-2-1-3-5-9/h1-7,17H. The average Bonchev–Trinajstić information content (AvgIpc) is 2.32. The van der Waals surface area contributed by atoms with Crippen molar-refractivity contribution >= 4 is 0 Å². The van der Waals surface area contributed by atoms with Crippen LogP contribution in [0.1, 0.15) is 5.56 Å². The van der Waals surface area contributed by atoms with Gasteiger partial charge in [0.1, 0.15) is 5.75 Å². The van der Waals surface area contributed by atoms with Gasteiger partial charge in [-0.15, -0.1) is 0 Å². The smallest absolute Gasteiger partial charge is 0.418 e. The van der Waals surface area contributed by atoms with Crippen molar-refractivity contribution in [3.63, 3.8) is 0 Å². The van der Waals surface area contributed by atoms with Gasteiger partial charge in [0.15, 0.2) is 5.75 Å². The van der Waals surface area contributed by atoms with Gasteiger partial charge in [0.2, 0.25) is 0 Å². The van der Waals surface area contributed by atoms with Crippen molar-refractivity contribution in [3.05, 3.63) is 48.2 Å². The summed E-state index contributed by atoms with van der Waals surface area (Å²) < 4.78 is 42.2. The number of aromatic hydroxyl groups is 1. The molecule has 0 saturated heterocycles. The van der Waals surface area contributed by atoms with Crippen LogP contribution in [-0.4, -0.2) is 10.1 Å². The van der Waals surface area contributed by atoms with E-state index in [2.05, 4.69) is 4.98 Å². The molecule has 2 rings (SSSR count). The molecule has 1 aromatic heterocycles. The molecule has 1 N–H and O–H groups in total. The molecule has 0 atom stereocenters. The Hall–Kier alpha value is -2.24. The Kier molecular flexibility index (Phi) is 3.10. The number of nitrogens with zero attached hydrogens (tertiary/aromatic N) is 1. The van der Waals surface area contributed by atoms with E-state index in [0.717, 1.165) is 0 Å². The summed E-state index contributed by atoms with van der Waals surface area (Å²) >= 11 is 0. The molecule has 94 valence electrons. The van der Waals surface area contributed by atoms with Crippen LogP contribution in [0.2, 0.25) is 0 Å². The second-order valence-electron chi connectivity index (χ2n) is 3.46. The Bertz CT molecular complexity index is 541. The van der Waals surface area contributed by atoms with Gasteiger partial charge in [0.05, 0.1) is 5.56 Å². The first kappa shape index (κ1) is 12.2. The Morgan fingerprint density at radius 3 is 2.33 bits per heavy atom. The average molecular weight is 255 g/mol. The fraction of sp³-hybridized carbons (Fsp3) is 0.0833. The Labute approximate surface area is 100 Å². The second-order valence-corrected chi connectivity index (χ2v) is 3.46. The molecule has 18 heavy (non-hydrogen) atoms. The highest BCUT2D eigenvalue weighted by Gasteiger charge is 2.32. The maximum Gasteiger partial charge on any atom is 0.418 e. The molecule has 2 aromatic rings. The molecule has 0 unspecified atom stereocenters. The van der Waals surface area contributed by atoms with E-state index in [4.69, 9.17) is 4.74 Å². The minimum Gasteiger partial charge on any atom is -0.503 e. The summed E-state index contributed by atoms with van der Waals surface area (Å²) in [6, 6.07) is 8.91. The molecular weight excluding hydrogens is 247 g/mol. The summed E-state index contributed by atoms with van der Waals surface area (Å²) in [7, 11) is 0. The third kappa shape index (κ3) is 2.71. The normalized spacial score (nSPS) is 11.3. The zero-order valence-electron chi connectivity index (χ0n) is 8.98. The molecule has 0 aliphatic rings. The summed E-state index contributed by atoms with van der Waals surface area (Å²) in [6.45, 7) is 0. The third-order valence-corrected chi connectivity index (χ3v) is 2.12. The highest BCUT2D eigenvalue weighted by Crippen LogP contribution is 2.35. The van der Waals surface area contributed by atoms with Crippen molar-refractivity contribution in [1.82, 2.24) is 4.98 Å². The van der Waals surface area contributed by atoms with Crippen LogP contribution in [0.5, 0.6) is 17.4 Å². The SMILES string of the molecule is Oc1cc(C(F)(F)F)cnc1Oc1ccccc1. The number of rotatable bonds is 2. The number of alkyl halides is 3. The fourth-order valence-electron chi connectivity index (χ4n) is 1.27. The molecule has 0 aliphatic heterocycles. The van der Waals surface area contributed by atoms with Crippen molar-refractivity contribution in [3.8, 4) is 17.4 Å². The molecule has 1 aromatic carbocycles. The van der Waals surface area contributed by atoms with E-state index in [9.17, 15) is 18.3 Å². The molecule has 6 heteroatoms. The predicted octanol–water partition coefficient (Wildman–Crippen LogP) is 3.60. The molecule has 0 fully saturated rings. The van der Waals surface area contributed by atoms with Crippen LogP contribution in [-0.2, 0) is 6.18 Å². The Morgan fingerprint density at radius 1 is 1.11 bits per heavy atom. The summed E-state index contributed by atoms with van der Waals surface area (Å²) in [4.78, 5) is 3.45. The molecule has 0 aliphatic carbocycles. The van der Waals surface area contributed by atoms with Gasteiger partial charge in [-0.1, -0.05) is 18.2 Å². The lowest BCUT2D eigenvalue weighted by Gasteiger charge is -2.09. The van der Waals surface area contributed by atoms with Gasteiger partial charge in [-0.2, -0.15) is 13.2 Å². The largest absolute Gasteiger partial charge is 0.503 e. The van der Waals surface area contributed by atoms with E-state index in [1.807, 2.05) is 0 Å². The lowest BCUT2D eigenvalue weighted by Crippen LogP contribution is -2.05. The number of benzene rings is 1. The zero-order valence-corrected chi connectivity index (χ0v) is 8.98.